The molecule has 5 nitrogen and oxygen atoms in total. The number of hydrogen-bond acceptors (Lipinski definition) is 2. The second-order valence-corrected chi connectivity index (χ2v) is 7.20. The average Bonchev–Trinajstić information content (AvgIpc) is 2.35. The first kappa shape index (κ1) is 19.7. The van der Waals surface area contributed by atoms with Gasteiger partial charge in [0, 0.05) is 19.6 Å². The fourth-order valence-electron chi connectivity index (χ4n) is 1.63. The number of nitrogens with zero attached hydrogens (tertiary/aromatic N) is 1. The van der Waals surface area contributed by atoms with Crippen LogP contribution in [0, 0.1) is 17.3 Å². The highest BCUT2D eigenvalue weighted by Crippen LogP contribution is 2.14. The Bertz CT molecular complexity index is 326. The van der Waals surface area contributed by atoms with E-state index < -0.39 is 11.4 Å². The van der Waals surface area contributed by atoms with Gasteiger partial charge >= 0.3 is 12.0 Å². The quantitative estimate of drug-likeness (QED) is 0.687. The maximum absolute atomic E-state index is 12.3. The maximum Gasteiger partial charge on any atom is 0.317 e. The molecule has 0 aliphatic carbocycles. The van der Waals surface area contributed by atoms with Crippen molar-refractivity contribution in [3.63, 3.8) is 0 Å². The monoisotopic (exact) mass is 300 g/mol. The van der Waals surface area contributed by atoms with Crippen molar-refractivity contribution in [2.75, 3.05) is 19.6 Å². The first-order valence-corrected chi connectivity index (χ1v) is 7.82. The van der Waals surface area contributed by atoms with Gasteiger partial charge in [-0.1, -0.05) is 27.7 Å². The molecule has 0 aromatic heterocycles. The van der Waals surface area contributed by atoms with Crippen LogP contribution in [0.15, 0.2) is 0 Å². The Hall–Kier alpha value is -1.26. The standard InChI is InChI=1S/C16H32N2O3/c1-12(2)7-9-18(10-8-13(3)4)15(21)17-11-16(5,6)14(19)20/h12-13H,7-11H2,1-6H3,(H,17,21)(H,19,20). The zero-order chi connectivity index (χ0) is 16.6. The van der Waals surface area contributed by atoms with Crippen molar-refractivity contribution in [2.45, 2.75) is 54.4 Å². The lowest BCUT2D eigenvalue weighted by Crippen LogP contribution is -2.46. The number of carboxylic acids is 1. The van der Waals surface area contributed by atoms with Crippen LogP contribution in [-0.2, 0) is 4.79 Å². The van der Waals surface area contributed by atoms with E-state index in [1.54, 1.807) is 18.7 Å². The highest BCUT2D eigenvalue weighted by atomic mass is 16.4. The molecule has 21 heavy (non-hydrogen) atoms. The Morgan fingerprint density at radius 3 is 1.81 bits per heavy atom. The van der Waals surface area contributed by atoms with Crippen LogP contribution in [0.5, 0.6) is 0 Å². The summed E-state index contributed by atoms with van der Waals surface area (Å²) in [6.07, 6.45) is 1.90. The van der Waals surface area contributed by atoms with Gasteiger partial charge in [-0.2, -0.15) is 0 Å². The Kier molecular flexibility index (Phi) is 8.37. The molecule has 0 rings (SSSR count). The van der Waals surface area contributed by atoms with E-state index in [0.717, 1.165) is 12.8 Å². The van der Waals surface area contributed by atoms with Crippen LogP contribution >= 0.6 is 0 Å². The SMILES string of the molecule is CC(C)CCN(CCC(C)C)C(=O)NCC(C)(C)C(=O)O. The van der Waals surface area contributed by atoms with Crippen molar-refractivity contribution < 1.29 is 14.7 Å². The molecule has 0 fully saturated rings. The van der Waals surface area contributed by atoms with Crippen LogP contribution in [0.3, 0.4) is 0 Å². The van der Waals surface area contributed by atoms with Crippen LogP contribution in [0.4, 0.5) is 4.79 Å². The molecule has 0 atom stereocenters. The minimum absolute atomic E-state index is 0.140. The van der Waals surface area contributed by atoms with Gasteiger partial charge in [0.1, 0.15) is 0 Å². The molecule has 5 heteroatoms. The summed E-state index contributed by atoms with van der Waals surface area (Å²) in [4.78, 5) is 25.1. The van der Waals surface area contributed by atoms with E-state index in [-0.39, 0.29) is 12.6 Å². The third kappa shape index (κ3) is 8.58. The summed E-state index contributed by atoms with van der Waals surface area (Å²) in [7, 11) is 0. The Morgan fingerprint density at radius 1 is 1.05 bits per heavy atom. The van der Waals surface area contributed by atoms with Crippen LogP contribution in [0.1, 0.15) is 54.4 Å². The van der Waals surface area contributed by atoms with Gasteiger partial charge in [0.05, 0.1) is 5.41 Å². The minimum atomic E-state index is -0.947. The van der Waals surface area contributed by atoms with Crippen molar-refractivity contribution in [1.29, 1.82) is 0 Å². The molecule has 124 valence electrons. The molecule has 0 unspecified atom stereocenters. The molecule has 0 bridgehead atoms. The third-order valence-electron chi connectivity index (χ3n) is 3.50. The lowest BCUT2D eigenvalue weighted by molar-refractivity contribution is -0.146. The van der Waals surface area contributed by atoms with E-state index in [1.165, 1.54) is 0 Å². The summed E-state index contributed by atoms with van der Waals surface area (Å²) in [5, 5.41) is 11.8. The van der Waals surface area contributed by atoms with Crippen LogP contribution in [-0.4, -0.2) is 41.6 Å². The second-order valence-electron chi connectivity index (χ2n) is 7.20. The van der Waals surface area contributed by atoms with Crippen molar-refractivity contribution in [3.8, 4) is 0 Å². The number of nitrogens with one attached hydrogen (secondary N) is 1. The van der Waals surface area contributed by atoms with Gasteiger partial charge in [-0.3, -0.25) is 4.79 Å². The average molecular weight is 300 g/mol. The molecule has 2 N–H and O–H groups in total. The lowest BCUT2D eigenvalue weighted by atomic mass is 9.94. The number of amides is 2. The highest BCUT2D eigenvalue weighted by Gasteiger charge is 2.28. The van der Waals surface area contributed by atoms with E-state index >= 15 is 0 Å². The molecular formula is C16H32N2O3. The van der Waals surface area contributed by atoms with Crippen molar-refractivity contribution >= 4 is 12.0 Å². The van der Waals surface area contributed by atoms with Gasteiger partial charge in [0.2, 0.25) is 0 Å². The fourth-order valence-corrected chi connectivity index (χ4v) is 1.63. The molecule has 0 saturated carbocycles. The molecule has 0 saturated heterocycles. The number of urea groups is 1. The number of rotatable bonds is 9. The number of aliphatic carboxylic acids is 1. The molecule has 0 aromatic carbocycles. The van der Waals surface area contributed by atoms with Crippen molar-refractivity contribution in [2.24, 2.45) is 17.3 Å². The molecule has 0 radical (unpaired) electrons. The molecule has 0 aliphatic rings. The van der Waals surface area contributed by atoms with Crippen LogP contribution in [0.2, 0.25) is 0 Å². The molecule has 0 aromatic rings. The largest absolute Gasteiger partial charge is 0.481 e. The van der Waals surface area contributed by atoms with Gasteiger partial charge in [-0.05, 0) is 38.5 Å². The van der Waals surface area contributed by atoms with Gasteiger partial charge in [-0.15, -0.1) is 0 Å². The first-order chi connectivity index (χ1) is 9.56. The van der Waals surface area contributed by atoms with Gasteiger partial charge < -0.3 is 15.3 Å². The first-order valence-electron chi connectivity index (χ1n) is 7.82. The molecule has 0 heterocycles. The summed E-state index contributed by atoms with van der Waals surface area (Å²) in [6, 6.07) is -0.161. The maximum atomic E-state index is 12.3. The number of carbonyl (C=O) groups is 2. The van der Waals surface area contributed by atoms with E-state index in [1.807, 2.05) is 0 Å². The Morgan fingerprint density at radius 2 is 1.48 bits per heavy atom. The van der Waals surface area contributed by atoms with E-state index in [9.17, 15) is 9.59 Å². The number of carbonyl (C=O) groups excluding carboxylic acids is 1. The summed E-state index contributed by atoms with van der Waals surface area (Å²) in [5.41, 5.74) is -0.947. The summed E-state index contributed by atoms with van der Waals surface area (Å²) >= 11 is 0. The predicted octanol–water partition coefficient (Wildman–Crippen LogP) is 3.20. The number of hydrogen-bond donors (Lipinski definition) is 2. The molecule has 0 spiro atoms. The van der Waals surface area contributed by atoms with Gasteiger partial charge in [-0.25, -0.2) is 4.79 Å². The van der Waals surface area contributed by atoms with Crippen LogP contribution in [0.25, 0.3) is 0 Å². The number of carboxylic acid groups (broad SMARTS) is 1. The zero-order valence-electron chi connectivity index (χ0n) is 14.4. The topological polar surface area (TPSA) is 69.6 Å². The zero-order valence-corrected chi connectivity index (χ0v) is 14.4. The Labute approximate surface area is 129 Å². The lowest BCUT2D eigenvalue weighted by Gasteiger charge is -2.27. The molecule has 0 aliphatic heterocycles. The van der Waals surface area contributed by atoms with Crippen molar-refractivity contribution in [1.82, 2.24) is 10.2 Å². The minimum Gasteiger partial charge on any atom is -0.481 e. The smallest absolute Gasteiger partial charge is 0.317 e. The normalized spacial score (nSPS) is 11.8. The predicted molar refractivity (Wildman–Crippen MR) is 85.3 cm³/mol. The van der Waals surface area contributed by atoms with E-state index in [4.69, 9.17) is 5.11 Å². The fraction of sp³-hybridized carbons (Fsp3) is 0.875. The molecular weight excluding hydrogens is 268 g/mol. The van der Waals surface area contributed by atoms with Gasteiger partial charge in [0.15, 0.2) is 0 Å². The molecule has 2 amide bonds. The summed E-state index contributed by atoms with van der Waals surface area (Å²) in [5.74, 6) is 0.170. The second kappa shape index (κ2) is 8.90. The summed E-state index contributed by atoms with van der Waals surface area (Å²) in [6.45, 7) is 13.3. The van der Waals surface area contributed by atoms with Crippen molar-refractivity contribution in [3.05, 3.63) is 0 Å². The van der Waals surface area contributed by atoms with E-state index in [2.05, 4.69) is 33.0 Å². The van der Waals surface area contributed by atoms with Crippen LogP contribution < -0.4 is 5.32 Å². The van der Waals surface area contributed by atoms with Gasteiger partial charge in [0.25, 0.3) is 0 Å². The summed E-state index contributed by atoms with van der Waals surface area (Å²) < 4.78 is 0. The Balaban J connectivity index is 4.51. The van der Waals surface area contributed by atoms with E-state index in [0.29, 0.717) is 24.9 Å². The highest BCUT2D eigenvalue weighted by molar-refractivity contribution is 5.77. The third-order valence-corrected chi connectivity index (χ3v) is 3.50.